The Bertz CT molecular complexity index is 483. The van der Waals surface area contributed by atoms with Crippen LogP contribution >= 0.6 is 0 Å². The molecule has 20 heavy (non-hydrogen) atoms. The lowest BCUT2D eigenvalue weighted by atomic mass is 10.1. The second kappa shape index (κ2) is 6.27. The minimum atomic E-state index is 0.176. The first-order valence-corrected chi connectivity index (χ1v) is 7.56. The van der Waals surface area contributed by atoms with E-state index >= 15 is 0 Å². The number of carbonyl (C=O) groups is 1. The van der Waals surface area contributed by atoms with Crippen molar-refractivity contribution in [1.82, 2.24) is 10.6 Å². The van der Waals surface area contributed by atoms with Gasteiger partial charge in [0.15, 0.2) is 0 Å². The van der Waals surface area contributed by atoms with E-state index in [1.165, 1.54) is 11.1 Å². The molecule has 4 heteroatoms. The quantitative estimate of drug-likeness (QED) is 0.739. The van der Waals surface area contributed by atoms with Crippen LogP contribution in [0.15, 0.2) is 18.2 Å². The lowest BCUT2D eigenvalue weighted by molar-refractivity contribution is -0.121. The van der Waals surface area contributed by atoms with Crippen molar-refractivity contribution in [2.24, 2.45) is 0 Å². The minimum Gasteiger partial charge on any atom is -0.493 e. The van der Waals surface area contributed by atoms with E-state index in [-0.39, 0.29) is 5.91 Å². The smallest absolute Gasteiger partial charge is 0.221 e. The molecule has 1 fully saturated rings. The highest BCUT2D eigenvalue weighted by Gasteiger charge is 2.22. The SMILES string of the molecule is O=C(CCNCCc1ccc2c(c1)CCO2)NC1CC1. The summed E-state index contributed by atoms with van der Waals surface area (Å²) in [7, 11) is 0. The van der Waals surface area contributed by atoms with Crippen LogP contribution in [0.3, 0.4) is 0 Å². The third-order valence-electron chi connectivity index (χ3n) is 3.82. The molecule has 1 heterocycles. The summed E-state index contributed by atoms with van der Waals surface area (Å²) in [6.45, 7) is 2.48. The van der Waals surface area contributed by atoms with Gasteiger partial charge in [0.1, 0.15) is 5.75 Å². The topological polar surface area (TPSA) is 50.4 Å². The fraction of sp³-hybridized carbons (Fsp3) is 0.562. The molecular weight excluding hydrogens is 252 g/mol. The molecule has 0 bridgehead atoms. The number of nitrogens with one attached hydrogen (secondary N) is 2. The summed E-state index contributed by atoms with van der Waals surface area (Å²) in [4.78, 5) is 11.5. The van der Waals surface area contributed by atoms with Gasteiger partial charge in [-0.3, -0.25) is 4.79 Å². The van der Waals surface area contributed by atoms with Gasteiger partial charge in [-0.2, -0.15) is 0 Å². The second-order valence-electron chi connectivity index (χ2n) is 5.63. The molecule has 0 radical (unpaired) electrons. The van der Waals surface area contributed by atoms with Gasteiger partial charge in [0.05, 0.1) is 6.61 Å². The van der Waals surface area contributed by atoms with Gasteiger partial charge < -0.3 is 15.4 Å². The zero-order chi connectivity index (χ0) is 13.8. The Hall–Kier alpha value is -1.55. The molecule has 0 spiro atoms. The summed E-state index contributed by atoms with van der Waals surface area (Å²) < 4.78 is 5.50. The molecule has 3 rings (SSSR count). The van der Waals surface area contributed by atoms with Gasteiger partial charge in [-0.25, -0.2) is 0 Å². The molecule has 2 aliphatic rings. The van der Waals surface area contributed by atoms with E-state index in [4.69, 9.17) is 4.74 Å². The van der Waals surface area contributed by atoms with Crippen molar-refractivity contribution in [2.45, 2.75) is 38.1 Å². The third-order valence-corrected chi connectivity index (χ3v) is 3.82. The predicted molar refractivity (Wildman–Crippen MR) is 78.0 cm³/mol. The number of fused-ring (bicyclic) bond motifs is 1. The molecule has 108 valence electrons. The molecule has 1 aliphatic carbocycles. The summed E-state index contributed by atoms with van der Waals surface area (Å²) >= 11 is 0. The zero-order valence-corrected chi connectivity index (χ0v) is 11.8. The van der Waals surface area contributed by atoms with E-state index in [2.05, 4.69) is 28.8 Å². The molecule has 1 aromatic rings. The van der Waals surface area contributed by atoms with Crippen LogP contribution in [0.25, 0.3) is 0 Å². The fourth-order valence-corrected chi connectivity index (χ4v) is 2.48. The highest BCUT2D eigenvalue weighted by Crippen LogP contribution is 2.25. The van der Waals surface area contributed by atoms with Gasteiger partial charge in [0.2, 0.25) is 5.91 Å². The number of carbonyl (C=O) groups excluding carboxylic acids is 1. The van der Waals surface area contributed by atoms with E-state index in [1.54, 1.807) is 0 Å². The summed E-state index contributed by atoms with van der Waals surface area (Å²) in [5.41, 5.74) is 2.66. The maximum absolute atomic E-state index is 11.5. The van der Waals surface area contributed by atoms with Crippen LogP contribution in [0.5, 0.6) is 5.75 Å². The number of ether oxygens (including phenoxy) is 1. The second-order valence-corrected chi connectivity index (χ2v) is 5.63. The predicted octanol–water partition coefficient (Wildman–Crippen LogP) is 1.42. The van der Waals surface area contributed by atoms with E-state index in [9.17, 15) is 4.79 Å². The number of hydrogen-bond donors (Lipinski definition) is 2. The van der Waals surface area contributed by atoms with E-state index in [0.717, 1.165) is 51.1 Å². The molecule has 0 saturated heterocycles. The standard InChI is InChI=1S/C16H22N2O2/c19-16(18-14-2-3-14)6-9-17-8-5-12-1-4-15-13(11-12)7-10-20-15/h1,4,11,14,17H,2-3,5-10H2,(H,18,19). The van der Waals surface area contributed by atoms with Gasteiger partial charge in [-0.1, -0.05) is 12.1 Å². The average Bonchev–Trinajstić information content (AvgIpc) is 3.13. The molecule has 0 unspecified atom stereocenters. The van der Waals surface area contributed by atoms with Crippen molar-refractivity contribution >= 4 is 5.91 Å². The van der Waals surface area contributed by atoms with Crippen LogP contribution in [0, 0.1) is 0 Å². The van der Waals surface area contributed by atoms with Crippen molar-refractivity contribution in [3.05, 3.63) is 29.3 Å². The number of benzene rings is 1. The Labute approximate surface area is 119 Å². The van der Waals surface area contributed by atoms with Crippen molar-refractivity contribution in [2.75, 3.05) is 19.7 Å². The van der Waals surface area contributed by atoms with Crippen LogP contribution in [0.4, 0.5) is 0 Å². The van der Waals surface area contributed by atoms with Gasteiger partial charge in [-0.15, -0.1) is 0 Å². The highest BCUT2D eigenvalue weighted by molar-refractivity contribution is 5.76. The van der Waals surface area contributed by atoms with Gasteiger partial charge >= 0.3 is 0 Å². The summed E-state index contributed by atoms with van der Waals surface area (Å²) in [5, 5.41) is 6.33. The summed E-state index contributed by atoms with van der Waals surface area (Å²) in [6.07, 6.45) is 4.91. The Morgan fingerprint density at radius 1 is 1.30 bits per heavy atom. The van der Waals surface area contributed by atoms with Crippen LogP contribution in [0.1, 0.15) is 30.4 Å². The molecule has 0 atom stereocenters. The molecule has 1 aromatic carbocycles. The Morgan fingerprint density at radius 2 is 2.20 bits per heavy atom. The maximum atomic E-state index is 11.5. The lowest BCUT2D eigenvalue weighted by Crippen LogP contribution is -2.29. The van der Waals surface area contributed by atoms with Crippen LogP contribution in [0.2, 0.25) is 0 Å². The molecule has 2 N–H and O–H groups in total. The Morgan fingerprint density at radius 3 is 3.05 bits per heavy atom. The van der Waals surface area contributed by atoms with Gasteiger partial charge in [0.25, 0.3) is 0 Å². The Balaban J connectivity index is 1.32. The number of amides is 1. The first-order valence-electron chi connectivity index (χ1n) is 7.56. The maximum Gasteiger partial charge on any atom is 0.221 e. The van der Waals surface area contributed by atoms with Crippen molar-refractivity contribution in [3.63, 3.8) is 0 Å². The van der Waals surface area contributed by atoms with E-state index in [1.807, 2.05) is 0 Å². The van der Waals surface area contributed by atoms with E-state index < -0.39 is 0 Å². The molecule has 1 saturated carbocycles. The monoisotopic (exact) mass is 274 g/mol. The first kappa shape index (κ1) is 13.4. The average molecular weight is 274 g/mol. The Kier molecular flexibility index (Phi) is 4.21. The molecule has 4 nitrogen and oxygen atoms in total. The summed E-state index contributed by atoms with van der Waals surface area (Å²) in [6, 6.07) is 6.91. The van der Waals surface area contributed by atoms with Crippen LogP contribution < -0.4 is 15.4 Å². The van der Waals surface area contributed by atoms with Gasteiger partial charge in [-0.05, 0) is 43.0 Å². The highest BCUT2D eigenvalue weighted by atomic mass is 16.5. The lowest BCUT2D eigenvalue weighted by Gasteiger charge is -2.07. The third kappa shape index (κ3) is 3.73. The molecule has 1 amide bonds. The molecule has 1 aliphatic heterocycles. The zero-order valence-electron chi connectivity index (χ0n) is 11.8. The largest absolute Gasteiger partial charge is 0.493 e. The van der Waals surface area contributed by atoms with E-state index in [0.29, 0.717) is 12.5 Å². The molecular formula is C16H22N2O2. The normalized spacial score (nSPS) is 16.6. The van der Waals surface area contributed by atoms with Crippen LogP contribution in [-0.2, 0) is 17.6 Å². The van der Waals surface area contributed by atoms with Gasteiger partial charge in [0, 0.05) is 25.4 Å². The minimum absolute atomic E-state index is 0.176. The summed E-state index contributed by atoms with van der Waals surface area (Å²) in [5.74, 6) is 1.22. The first-order chi connectivity index (χ1) is 9.81. The van der Waals surface area contributed by atoms with Crippen molar-refractivity contribution < 1.29 is 9.53 Å². The molecule has 0 aromatic heterocycles. The number of rotatable bonds is 7. The van der Waals surface area contributed by atoms with Crippen LogP contribution in [-0.4, -0.2) is 31.6 Å². The fourth-order valence-electron chi connectivity index (χ4n) is 2.48. The van der Waals surface area contributed by atoms with Crippen molar-refractivity contribution in [1.29, 1.82) is 0 Å². The van der Waals surface area contributed by atoms with Crippen molar-refractivity contribution in [3.8, 4) is 5.75 Å². The number of hydrogen-bond acceptors (Lipinski definition) is 3.